The molecular weight excluding hydrogens is 88.1 g/mol. The molecule has 0 aliphatic rings. The first-order valence-electron chi connectivity index (χ1n) is 2.16. The number of hydrogen-bond acceptors (Lipinski definition) is 0. The van der Waals surface area contributed by atoms with Crippen LogP contribution in [0.2, 0.25) is 0 Å². The highest BCUT2D eigenvalue weighted by Gasteiger charge is 1.97. The fraction of sp³-hybridized carbons (Fsp3) is 0.600. The van der Waals surface area contributed by atoms with Gasteiger partial charge < -0.3 is 0 Å². The van der Waals surface area contributed by atoms with Crippen LogP contribution < -0.4 is 4.67 Å². The quantitative estimate of drug-likeness (QED) is 0.232. The third kappa shape index (κ3) is 2.01. The van der Waals surface area contributed by atoms with E-state index >= 15 is 0 Å². The van der Waals surface area contributed by atoms with E-state index in [0.717, 1.165) is 5.84 Å². The Morgan fingerprint density at radius 3 is 2.00 bits per heavy atom. The lowest BCUT2D eigenvalue weighted by molar-refractivity contribution is 0.618. The second-order valence-electron chi connectivity index (χ2n) is 1.60. The SMILES string of the molecule is C=[N+]=C(C)N(C)C. The smallest absolute Gasteiger partial charge is 0.258 e. The van der Waals surface area contributed by atoms with Crippen molar-refractivity contribution in [1.29, 1.82) is 0 Å². The topological polar surface area (TPSA) is 17.3 Å². The summed E-state index contributed by atoms with van der Waals surface area (Å²) < 4.78 is 3.68. The van der Waals surface area contributed by atoms with Gasteiger partial charge >= 0.3 is 5.84 Å². The molecular formula is C5H11N2+. The highest BCUT2D eigenvalue weighted by Crippen LogP contribution is 1.69. The lowest BCUT2D eigenvalue weighted by Crippen LogP contribution is -2.19. The Hall–Kier alpha value is -0.750. The lowest BCUT2D eigenvalue weighted by atomic mass is 10.6. The summed E-state index contributed by atoms with van der Waals surface area (Å²) in [6.45, 7) is 5.26. The monoisotopic (exact) mass is 99.1 g/mol. The van der Waals surface area contributed by atoms with Gasteiger partial charge in [0.15, 0.2) is 6.72 Å². The fourth-order valence-corrected chi connectivity index (χ4v) is 0.141. The van der Waals surface area contributed by atoms with Gasteiger partial charge in [0.05, 0.1) is 21.0 Å². The standard InChI is InChI=1S/C5H11N2/c1-5(6-2)7(3)4/h2H2,1,3-4H3/q+1. The molecule has 0 saturated carbocycles. The molecule has 0 spiro atoms. The third-order valence-corrected chi connectivity index (χ3v) is 0.876. The van der Waals surface area contributed by atoms with Gasteiger partial charge in [-0.05, 0) is 0 Å². The van der Waals surface area contributed by atoms with Crippen molar-refractivity contribution in [1.82, 2.24) is 9.57 Å². The second kappa shape index (κ2) is 2.43. The Morgan fingerprint density at radius 1 is 1.57 bits per heavy atom. The van der Waals surface area contributed by atoms with Crippen molar-refractivity contribution in [3.63, 3.8) is 0 Å². The van der Waals surface area contributed by atoms with Gasteiger partial charge in [0.1, 0.15) is 0 Å². The van der Waals surface area contributed by atoms with E-state index in [0.29, 0.717) is 0 Å². The zero-order valence-electron chi connectivity index (χ0n) is 5.10. The molecule has 0 atom stereocenters. The van der Waals surface area contributed by atoms with E-state index in [2.05, 4.69) is 11.4 Å². The molecule has 0 radical (unpaired) electrons. The third-order valence-electron chi connectivity index (χ3n) is 0.876. The minimum absolute atomic E-state index is 0.944. The van der Waals surface area contributed by atoms with Gasteiger partial charge in [0, 0.05) is 0 Å². The van der Waals surface area contributed by atoms with Crippen LogP contribution in [0.15, 0.2) is 0 Å². The molecule has 0 saturated heterocycles. The first kappa shape index (κ1) is 6.25. The first-order chi connectivity index (χ1) is 3.18. The molecule has 0 aromatic rings. The average molecular weight is 99.2 g/mol. The van der Waals surface area contributed by atoms with Crippen LogP contribution in [0.5, 0.6) is 0 Å². The van der Waals surface area contributed by atoms with Gasteiger partial charge in [-0.1, -0.05) is 0 Å². The summed E-state index contributed by atoms with van der Waals surface area (Å²) in [5, 5.41) is 0. The number of hydrogen-bond donors (Lipinski definition) is 0. The molecule has 0 unspecified atom stereocenters. The number of amidine groups is 1. The highest BCUT2D eigenvalue weighted by molar-refractivity contribution is 5.78. The molecule has 0 amide bonds. The fourth-order valence-electron chi connectivity index (χ4n) is 0.141. The summed E-state index contributed by atoms with van der Waals surface area (Å²) in [5.74, 6) is 0.944. The van der Waals surface area contributed by atoms with Gasteiger partial charge in [0.25, 0.3) is 0 Å². The van der Waals surface area contributed by atoms with Crippen molar-refractivity contribution in [2.24, 2.45) is 0 Å². The summed E-state index contributed by atoms with van der Waals surface area (Å²) in [7, 11) is 3.87. The number of nitrogens with zero attached hydrogens (tertiary/aromatic N) is 2. The van der Waals surface area contributed by atoms with Crippen LogP contribution in [0.3, 0.4) is 0 Å². The molecule has 7 heavy (non-hydrogen) atoms. The van der Waals surface area contributed by atoms with Crippen LogP contribution in [0.4, 0.5) is 0 Å². The van der Waals surface area contributed by atoms with E-state index in [1.54, 1.807) is 0 Å². The predicted octanol–water partition coefficient (Wildman–Crippen LogP) is -0.266. The van der Waals surface area contributed by atoms with Crippen molar-refractivity contribution in [2.75, 3.05) is 14.1 Å². The summed E-state index contributed by atoms with van der Waals surface area (Å²) in [4.78, 5) is 1.91. The Morgan fingerprint density at radius 2 is 2.00 bits per heavy atom. The molecule has 0 bridgehead atoms. The molecule has 0 aromatic carbocycles. The van der Waals surface area contributed by atoms with Crippen LogP contribution in [-0.2, 0) is 0 Å². The molecule has 2 nitrogen and oxygen atoms in total. The average Bonchev–Trinajstić information content (AvgIpc) is 1.65. The van der Waals surface area contributed by atoms with Gasteiger partial charge in [-0.3, -0.25) is 4.90 Å². The van der Waals surface area contributed by atoms with E-state index in [4.69, 9.17) is 0 Å². The highest BCUT2D eigenvalue weighted by atomic mass is 15.1. The van der Waals surface area contributed by atoms with E-state index in [1.807, 2.05) is 25.9 Å². The van der Waals surface area contributed by atoms with Crippen LogP contribution >= 0.6 is 0 Å². The van der Waals surface area contributed by atoms with Crippen LogP contribution in [0, 0.1) is 0 Å². The summed E-state index contributed by atoms with van der Waals surface area (Å²) in [6, 6.07) is 0. The molecule has 0 heterocycles. The predicted molar refractivity (Wildman–Crippen MR) is 33.6 cm³/mol. The van der Waals surface area contributed by atoms with Gasteiger partial charge in [0.2, 0.25) is 0 Å². The van der Waals surface area contributed by atoms with Gasteiger partial charge in [-0.2, -0.15) is 0 Å². The maximum Gasteiger partial charge on any atom is 0.340 e. The molecule has 0 aliphatic carbocycles. The van der Waals surface area contributed by atoms with Gasteiger partial charge in [-0.25, -0.2) is 4.67 Å². The maximum atomic E-state index is 3.68. The first-order valence-corrected chi connectivity index (χ1v) is 2.16. The Balaban J connectivity index is 3.81. The molecule has 0 aromatic heterocycles. The summed E-state index contributed by atoms with van der Waals surface area (Å²) in [5.41, 5.74) is 0. The second-order valence-corrected chi connectivity index (χ2v) is 1.60. The largest absolute Gasteiger partial charge is 0.340 e. The van der Waals surface area contributed by atoms with Crippen LogP contribution in [0.25, 0.3) is 0 Å². The van der Waals surface area contributed by atoms with E-state index in [1.165, 1.54) is 0 Å². The van der Waals surface area contributed by atoms with Gasteiger partial charge in [-0.15, -0.1) is 0 Å². The molecule has 0 rings (SSSR count). The molecule has 0 aliphatic heterocycles. The Kier molecular flexibility index (Phi) is 2.17. The number of rotatable bonds is 0. The zero-order chi connectivity index (χ0) is 5.86. The van der Waals surface area contributed by atoms with E-state index < -0.39 is 0 Å². The normalized spacial score (nSPS) is 7.29. The van der Waals surface area contributed by atoms with Crippen molar-refractivity contribution in [3.05, 3.63) is 0 Å². The maximum absolute atomic E-state index is 3.68. The molecule has 0 N–H and O–H groups in total. The van der Waals surface area contributed by atoms with Crippen LogP contribution in [0.1, 0.15) is 6.92 Å². The van der Waals surface area contributed by atoms with Crippen LogP contribution in [-0.4, -0.2) is 31.5 Å². The minimum Gasteiger partial charge on any atom is -0.258 e. The Labute approximate surface area is 44.2 Å². The molecule has 0 fully saturated rings. The molecule has 2 heteroatoms. The summed E-state index contributed by atoms with van der Waals surface area (Å²) in [6.07, 6.45) is 0. The van der Waals surface area contributed by atoms with Crippen molar-refractivity contribution >= 4 is 12.6 Å². The zero-order valence-corrected chi connectivity index (χ0v) is 5.10. The van der Waals surface area contributed by atoms with Crippen molar-refractivity contribution in [3.8, 4) is 0 Å². The van der Waals surface area contributed by atoms with E-state index in [-0.39, 0.29) is 0 Å². The summed E-state index contributed by atoms with van der Waals surface area (Å²) >= 11 is 0. The van der Waals surface area contributed by atoms with Crippen molar-refractivity contribution < 1.29 is 0 Å². The molecule has 40 valence electrons. The Bertz CT molecular complexity index is 98.6. The lowest BCUT2D eigenvalue weighted by Gasteiger charge is -1.94. The van der Waals surface area contributed by atoms with E-state index in [9.17, 15) is 0 Å². The van der Waals surface area contributed by atoms with Crippen molar-refractivity contribution in [2.45, 2.75) is 6.92 Å². The minimum atomic E-state index is 0.944.